The zero-order valence-corrected chi connectivity index (χ0v) is 18.9. The van der Waals surface area contributed by atoms with E-state index in [2.05, 4.69) is 23.6 Å². The van der Waals surface area contributed by atoms with Crippen molar-refractivity contribution in [3.8, 4) is 0 Å². The van der Waals surface area contributed by atoms with Crippen LogP contribution in [0.15, 0.2) is 72.1 Å². The largest absolute Gasteiger partial charge is 0.478 e. The second kappa shape index (κ2) is 10.4. The highest BCUT2D eigenvalue weighted by Gasteiger charge is 2.24. The van der Waals surface area contributed by atoms with Crippen LogP contribution in [0.3, 0.4) is 0 Å². The van der Waals surface area contributed by atoms with Crippen molar-refractivity contribution in [3.05, 3.63) is 93.8 Å². The molecule has 32 heavy (non-hydrogen) atoms. The Bertz CT molecular complexity index is 1050. The van der Waals surface area contributed by atoms with Crippen LogP contribution in [0.1, 0.15) is 41.8 Å². The fraction of sp³-hybridized carbons (Fsp3) is 0.280. The predicted octanol–water partition coefficient (Wildman–Crippen LogP) is 5.01. The monoisotopic (exact) mass is 454 g/mol. The van der Waals surface area contributed by atoms with Crippen molar-refractivity contribution in [1.82, 2.24) is 9.80 Å². The maximum atomic E-state index is 12.0. The van der Waals surface area contributed by atoms with E-state index in [9.17, 15) is 19.8 Å². The summed E-state index contributed by atoms with van der Waals surface area (Å²) >= 11 is 6.36. The first-order valence-electron chi connectivity index (χ1n) is 10.5. The van der Waals surface area contributed by atoms with Gasteiger partial charge in [0.2, 0.25) is 0 Å². The second-order valence-corrected chi connectivity index (χ2v) is 8.32. The van der Waals surface area contributed by atoms with Crippen molar-refractivity contribution in [2.45, 2.75) is 39.3 Å². The number of rotatable bonds is 9. The number of aromatic carboxylic acids is 1. The molecule has 0 aromatic heterocycles. The third kappa shape index (κ3) is 5.71. The van der Waals surface area contributed by atoms with E-state index < -0.39 is 11.9 Å². The van der Waals surface area contributed by atoms with E-state index in [1.165, 1.54) is 12.1 Å². The molecule has 1 unspecified atom stereocenters. The van der Waals surface area contributed by atoms with Crippen LogP contribution >= 0.6 is 11.6 Å². The molecule has 0 saturated carbocycles. The summed E-state index contributed by atoms with van der Waals surface area (Å²) in [5.74, 6) is -1.99. The molecule has 0 bridgehead atoms. The van der Waals surface area contributed by atoms with Crippen molar-refractivity contribution in [2.24, 2.45) is 0 Å². The fourth-order valence-electron chi connectivity index (χ4n) is 3.54. The van der Waals surface area contributed by atoms with Crippen molar-refractivity contribution >= 4 is 23.5 Å². The molecule has 1 aliphatic rings. The topological polar surface area (TPSA) is 81.1 Å². The smallest absolute Gasteiger partial charge is 0.335 e. The van der Waals surface area contributed by atoms with Gasteiger partial charge in [0.25, 0.3) is 0 Å². The third-order valence-corrected chi connectivity index (χ3v) is 6.00. The number of allylic oxidation sites excluding steroid dienone is 1. The molecular formula is C25H27ClN2O4. The van der Waals surface area contributed by atoms with Gasteiger partial charge in [-0.3, -0.25) is 0 Å². The summed E-state index contributed by atoms with van der Waals surface area (Å²) in [6, 6.07) is 14.5. The molecule has 0 spiro atoms. The predicted molar refractivity (Wildman–Crippen MR) is 124 cm³/mol. The third-order valence-electron chi connectivity index (χ3n) is 5.65. The zero-order valence-electron chi connectivity index (χ0n) is 18.2. The van der Waals surface area contributed by atoms with Gasteiger partial charge in [-0.05, 0) is 42.7 Å². The van der Waals surface area contributed by atoms with Gasteiger partial charge in [-0.1, -0.05) is 54.9 Å². The van der Waals surface area contributed by atoms with Crippen LogP contribution in [-0.4, -0.2) is 44.7 Å². The molecule has 168 valence electrons. The van der Waals surface area contributed by atoms with Gasteiger partial charge in [0.15, 0.2) is 0 Å². The standard InChI is InChI=1S/C25H27ClN2O4/c1-3-17(2)27-15-22(12-21(25(31)32)11-18-7-5-4-6-8-18)28(16-27)14-20-10-9-19(24(29)30)13-23(20)26/h4-10,12-13,15,17H,3,11,14,16H2,1-2H3,(H,29,30)(H,31,32). The lowest BCUT2D eigenvalue weighted by Gasteiger charge is -2.27. The van der Waals surface area contributed by atoms with Crippen LogP contribution in [0, 0.1) is 0 Å². The minimum Gasteiger partial charge on any atom is -0.478 e. The average molecular weight is 455 g/mol. The SMILES string of the molecule is CCC(C)N1C=C(C=C(Cc2ccccc2)C(=O)O)N(Cc2ccc(C(=O)O)cc2Cl)C1. The van der Waals surface area contributed by atoms with Gasteiger partial charge >= 0.3 is 11.9 Å². The maximum Gasteiger partial charge on any atom is 0.335 e. The number of carbonyl (C=O) groups is 2. The first-order valence-corrected chi connectivity index (χ1v) is 10.9. The summed E-state index contributed by atoms with van der Waals surface area (Å²) in [4.78, 5) is 27.4. The molecule has 0 radical (unpaired) electrons. The van der Waals surface area contributed by atoms with Crippen molar-refractivity contribution in [1.29, 1.82) is 0 Å². The molecule has 0 aliphatic carbocycles. The number of nitrogens with zero attached hydrogens (tertiary/aromatic N) is 2. The van der Waals surface area contributed by atoms with E-state index >= 15 is 0 Å². The van der Waals surface area contributed by atoms with E-state index in [-0.39, 0.29) is 11.6 Å². The molecule has 1 heterocycles. The van der Waals surface area contributed by atoms with Crippen LogP contribution in [0.25, 0.3) is 0 Å². The quantitative estimate of drug-likeness (QED) is 0.518. The van der Waals surface area contributed by atoms with E-state index in [1.807, 2.05) is 36.5 Å². The second-order valence-electron chi connectivity index (χ2n) is 7.91. The molecule has 2 aromatic rings. The normalized spacial score (nSPS) is 15.0. The van der Waals surface area contributed by atoms with Crippen LogP contribution in [-0.2, 0) is 17.8 Å². The zero-order chi connectivity index (χ0) is 23.3. The van der Waals surface area contributed by atoms with Crippen LogP contribution in [0.4, 0.5) is 0 Å². The highest BCUT2D eigenvalue weighted by molar-refractivity contribution is 6.31. The number of benzene rings is 2. The lowest BCUT2D eigenvalue weighted by molar-refractivity contribution is -0.132. The molecule has 3 rings (SSSR count). The molecule has 0 fully saturated rings. The Morgan fingerprint density at radius 2 is 1.88 bits per heavy atom. The highest BCUT2D eigenvalue weighted by atomic mass is 35.5. The number of aliphatic carboxylic acids is 1. The first-order chi connectivity index (χ1) is 15.3. The van der Waals surface area contributed by atoms with Crippen molar-refractivity contribution in [2.75, 3.05) is 6.67 Å². The van der Waals surface area contributed by atoms with Gasteiger partial charge in [-0.25, -0.2) is 9.59 Å². The van der Waals surface area contributed by atoms with Gasteiger partial charge < -0.3 is 20.0 Å². The first kappa shape index (κ1) is 23.4. The molecule has 0 saturated heterocycles. The molecule has 2 aromatic carbocycles. The van der Waals surface area contributed by atoms with Gasteiger partial charge in [0.1, 0.15) is 0 Å². The Balaban J connectivity index is 1.91. The Morgan fingerprint density at radius 3 is 2.47 bits per heavy atom. The summed E-state index contributed by atoms with van der Waals surface area (Å²) in [6.07, 6.45) is 4.98. The van der Waals surface area contributed by atoms with E-state index in [0.29, 0.717) is 30.2 Å². The molecule has 7 heteroatoms. The number of halogens is 1. The molecule has 2 N–H and O–H groups in total. The Hall–Kier alpha value is -3.25. The maximum absolute atomic E-state index is 12.0. The molecule has 1 atom stereocenters. The van der Waals surface area contributed by atoms with E-state index in [1.54, 1.807) is 12.1 Å². The summed E-state index contributed by atoms with van der Waals surface area (Å²) in [5.41, 5.74) is 2.93. The van der Waals surface area contributed by atoms with Gasteiger partial charge in [0, 0.05) is 35.8 Å². The Labute approximate surface area is 193 Å². The van der Waals surface area contributed by atoms with E-state index in [0.717, 1.165) is 23.2 Å². The van der Waals surface area contributed by atoms with Crippen molar-refractivity contribution in [3.63, 3.8) is 0 Å². The van der Waals surface area contributed by atoms with E-state index in [4.69, 9.17) is 11.6 Å². The molecule has 1 aliphatic heterocycles. The lowest BCUT2D eigenvalue weighted by atomic mass is 10.0. The Morgan fingerprint density at radius 1 is 1.16 bits per heavy atom. The Kier molecular flexibility index (Phi) is 7.59. The van der Waals surface area contributed by atoms with Crippen LogP contribution in [0.2, 0.25) is 5.02 Å². The highest BCUT2D eigenvalue weighted by Crippen LogP contribution is 2.27. The van der Waals surface area contributed by atoms with Gasteiger partial charge in [-0.15, -0.1) is 0 Å². The molecular weight excluding hydrogens is 428 g/mol. The number of hydrogen-bond donors (Lipinski definition) is 2. The van der Waals surface area contributed by atoms with Crippen molar-refractivity contribution < 1.29 is 19.8 Å². The molecule has 6 nitrogen and oxygen atoms in total. The number of carboxylic acid groups (broad SMARTS) is 2. The summed E-state index contributed by atoms with van der Waals surface area (Å²) < 4.78 is 0. The minimum atomic E-state index is -1.03. The number of carboxylic acids is 2. The van der Waals surface area contributed by atoms with Crippen LogP contribution < -0.4 is 0 Å². The minimum absolute atomic E-state index is 0.132. The lowest BCUT2D eigenvalue weighted by Crippen LogP contribution is -2.32. The summed E-state index contributed by atoms with van der Waals surface area (Å²) in [6.45, 7) is 5.26. The average Bonchev–Trinajstić information content (AvgIpc) is 3.17. The van der Waals surface area contributed by atoms with Gasteiger partial charge in [0.05, 0.1) is 17.9 Å². The number of hydrogen-bond acceptors (Lipinski definition) is 4. The van der Waals surface area contributed by atoms with Crippen LogP contribution in [0.5, 0.6) is 0 Å². The van der Waals surface area contributed by atoms with Gasteiger partial charge in [-0.2, -0.15) is 0 Å². The summed E-state index contributed by atoms with van der Waals surface area (Å²) in [7, 11) is 0. The fourth-order valence-corrected chi connectivity index (χ4v) is 3.78. The summed E-state index contributed by atoms with van der Waals surface area (Å²) in [5, 5.41) is 19.4. The molecule has 0 amide bonds.